The average Bonchev–Trinajstić information content (AvgIpc) is 2.45. The molecule has 13 heavy (non-hydrogen) atoms. The van der Waals surface area contributed by atoms with E-state index in [-0.39, 0.29) is 0 Å². The summed E-state index contributed by atoms with van der Waals surface area (Å²) in [6, 6.07) is 5.63. The maximum atomic E-state index is 6.03. The van der Waals surface area contributed by atoms with Gasteiger partial charge in [-0.15, -0.1) is 0 Å². The van der Waals surface area contributed by atoms with Crippen LogP contribution >= 0.6 is 23.2 Å². The maximum absolute atomic E-state index is 6.03. The number of para-hydroxylation sites is 1. The van der Waals surface area contributed by atoms with Gasteiger partial charge in [0.25, 0.3) is 0 Å². The molecule has 2 nitrogen and oxygen atoms in total. The van der Waals surface area contributed by atoms with Crippen molar-refractivity contribution in [1.82, 2.24) is 9.78 Å². The zero-order valence-electron chi connectivity index (χ0n) is 7.09. The molecule has 0 aliphatic rings. The van der Waals surface area contributed by atoms with Crippen LogP contribution in [-0.2, 0) is 6.54 Å². The molecule has 2 aromatic rings. The summed E-state index contributed by atoms with van der Waals surface area (Å²) in [6.45, 7) is 2.78. The molecular weight excluding hydrogens is 207 g/mol. The molecule has 0 unspecified atom stereocenters. The summed E-state index contributed by atoms with van der Waals surface area (Å²) in [5.41, 5.74) is 0.914. The molecule has 0 aliphatic heterocycles. The molecule has 0 atom stereocenters. The highest BCUT2D eigenvalue weighted by molar-refractivity contribution is 6.38. The van der Waals surface area contributed by atoms with Crippen LogP contribution < -0.4 is 0 Å². The summed E-state index contributed by atoms with van der Waals surface area (Å²) < 4.78 is 1.81. The summed E-state index contributed by atoms with van der Waals surface area (Å²) in [7, 11) is 0. The molecule has 0 fully saturated rings. The Hall–Kier alpha value is -0.730. The van der Waals surface area contributed by atoms with E-state index in [1.807, 2.05) is 25.1 Å². The van der Waals surface area contributed by atoms with Crippen molar-refractivity contribution in [3.8, 4) is 0 Å². The van der Waals surface area contributed by atoms with Crippen LogP contribution in [-0.4, -0.2) is 9.78 Å². The zero-order valence-corrected chi connectivity index (χ0v) is 8.60. The summed E-state index contributed by atoms with van der Waals surface area (Å²) in [4.78, 5) is 0. The van der Waals surface area contributed by atoms with Gasteiger partial charge < -0.3 is 0 Å². The average molecular weight is 215 g/mol. The van der Waals surface area contributed by atoms with E-state index in [2.05, 4.69) is 5.10 Å². The third-order valence-corrected chi connectivity index (χ3v) is 2.56. The van der Waals surface area contributed by atoms with Crippen molar-refractivity contribution in [2.75, 3.05) is 0 Å². The summed E-state index contributed by atoms with van der Waals surface area (Å²) >= 11 is 12.0. The molecule has 0 N–H and O–H groups in total. The van der Waals surface area contributed by atoms with Crippen LogP contribution in [0.15, 0.2) is 18.2 Å². The van der Waals surface area contributed by atoms with Crippen LogP contribution in [0.3, 0.4) is 0 Å². The van der Waals surface area contributed by atoms with E-state index in [4.69, 9.17) is 23.2 Å². The molecule has 0 aliphatic carbocycles. The Morgan fingerprint density at radius 3 is 2.85 bits per heavy atom. The van der Waals surface area contributed by atoms with Gasteiger partial charge in [0.1, 0.15) is 0 Å². The Labute approximate surface area is 86.1 Å². The number of halogens is 2. The first kappa shape index (κ1) is 8.85. The lowest BCUT2D eigenvalue weighted by Crippen LogP contribution is -1.95. The van der Waals surface area contributed by atoms with E-state index in [1.165, 1.54) is 0 Å². The first-order valence-corrected chi connectivity index (χ1v) is 4.80. The monoisotopic (exact) mass is 214 g/mol. The maximum Gasteiger partial charge on any atom is 0.158 e. The third kappa shape index (κ3) is 1.30. The van der Waals surface area contributed by atoms with E-state index < -0.39 is 0 Å². The van der Waals surface area contributed by atoms with Gasteiger partial charge in [0.2, 0.25) is 0 Å². The molecule has 0 spiro atoms. The van der Waals surface area contributed by atoms with Crippen molar-refractivity contribution >= 4 is 34.1 Å². The Kier molecular flexibility index (Phi) is 2.18. The van der Waals surface area contributed by atoms with Gasteiger partial charge in [-0.25, -0.2) is 0 Å². The van der Waals surface area contributed by atoms with Gasteiger partial charge in [-0.1, -0.05) is 29.3 Å². The Morgan fingerprint density at radius 2 is 2.15 bits per heavy atom. The molecule has 1 aromatic carbocycles. The third-order valence-electron chi connectivity index (χ3n) is 1.98. The highest BCUT2D eigenvalue weighted by atomic mass is 35.5. The zero-order chi connectivity index (χ0) is 9.42. The topological polar surface area (TPSA) is 17.8 Å². The summed E-state index contributed by atoms with van der Waals surface area (Å²) in [5, 5.41) is 6.29. The van der Waals surface area contributed by atoms with Crippen LogP contribution in [0.1, 0.15) is 6.92 Å². The number of hydrogen-bond donors (Lipinski definition) is 0. The van der Waals surface area contributed by atoms with Crippen LogP contribution in [0.5, 0.6) is 0 Å². The van der Waals surface area contributed by atoms with Crippen molar-refractivity contribution in [2.45, 2.75) is 13.5 Å². The molecule has 1 aromatic heterocycles. The van der Waals surface area contributed by atoms with Crippen molar-refractivity contribution in [2.24, 2.45) is 0 Å². The fourth-order valence-corrected chi connectivity index (χ4v) is 1.90. The molecule has 2 rings (SSSR count). The van der Waals surface area contributed by atoms with E-state index in [9.17, 15) is 0 Å². The number of aryl methyl sites for hydroxylation is 1. The predicted molar refractivity (Wildman–Crippen MR) is 55.4 cm³/mol. The number of aromatic nitrogens is 2. The second-order valence-electron chi connectivity index (χ2n) is 2.74. The number of hydrogen-bond acceptors (Lipinski definition) is 1. The van der Waals surface area contributed by atoms with Gasteiger partial charge in [0.15, 0.2) is 5.15 Å². The van der Waals surface area contributed by atoms with Crippen LogP contribution in [0.4, 0.5) is 0 Å². The molecule has 0 bridgehead atoms. The van der Waals surface area contributed by atoms with Gasteiger partial charge in [-0.3, -0.25) is 4.68 Å². The first-order chi connectivity index (χ1) is 6.24. The SMILES string of the molecule is CCn1nc(Cl)c2cccc(Cl)c21. The van der Waals surface area contributed by atoms with Gasteiger partial charge in [0, 0.05) is 11.9 Å². The fourth-order valence-electron chi connectivity index (χ4n) is 1.38. The second-order valence-corrected chi connectivity index (χ2v) is 3.51. The largest absolute Gasteiger partial charge is 0.262 e. The molecule has 0 saturated heterocycles. The fraction of sp³-hybridized carbons (Fsp3) is 0.222. The minimum atomic E-state index is 0.513. The van der Waals surface area contributed by atoms with Crippen molar-refractivity contribution in [1.29, 1.82) is 0 Å². The number of benzene rings is 1. The number of nitrogens with zero attached hydrogens (tertiary/aromatic N) is 2. The van der Waals surface area contributed by atoms with Gasteiger partial charge in [-0.05, 0) is 19.1 Å². The number of rotatable bonds is 1. The van der Waals surface area contributed by atoms with Gasteiger partial charge in [-0.2, -0.15) is 5.10 Å². The van der Waals surface area contributed by atoms with Crippen molar-refractivity contribution in [3.63, 3.8) is 0 Å². The van der Waals surface area contributed by atoms with E-state index >= 15 is 0 Å². The van der Waals surface area contributed by atoms with Crippen LogP contribution in [0, 0.1) is 0 Å². The Morgan fingerprint density at radius 1 is 1.38 bits per heavy atom. The molecule has 4 heteroatoms. The van der Waals surface area contributed by atoms with E-state index in [1.54, 1.807) is 4.68 Å². The lowest BCUT2D eigenvalue weighted by Gasteiger charge is -1.98. The molecule has 0 saturated carbocycles. The number of fused-ring (bicyclic) bond motifs is 1. The van der Waals surface area contributed by atoms with E-state index in [0.717, 1.165) is 17.4 Å². The summed E-state index contributed by atoms with van der Waals surface area (Å²) in [6.07, 6.45) is 0. The van der Waals surface area contributed by atoms with Crippen molar-refractivity contribution in [3.05, 3.63) is 28.4 Å². The molecule has 0 radical (unpaired) electrons. The van der Waals surface area contributed by atoms with E-state index in [0.29, 0.717) is 10.2 Å². The lowest BCUT2D eigenvalue weighted by molar-refractivity contribution is 0.684. The quantitative estimate of drug-likeness (QED) is 0.713. The molecule has 1 heterocycles. The minimum absolute atomic E-state index is 0.513. The molecule has 0 amide bonds. The standard InChI is InChI=1S/C9H8Cl2N2/c1-2-13-8-6(9(11)12-13)4-3-5-7(8)10/h3-5H,2H2,1H3. The Balaban J connectivity index is 2.89. The molecular formula is C9H8Cl2N2. The minimum Gasteiger partial charge on any atom is -0.262 e. The van der Waals surface area contributed by atoms with Crippen LogP contribution in [0.2, 0.25) is 10.2 Å². The van der Waals surface area contributed by atoms with Crippen molar-refractivity contribution < 1.29 is 0 Å². The lowest BCUT2D eigenvalue weighted by atomic mass is 10.2. The normalized spacial score (nSPS) is 11.0. The van der Waals surface area contributed by atoms with Crippen LogP contribution in [0.25, 0.3) is 10.9 Å². The smallest absolute Gasteiger partial charge is 0.158 e. The molecule has 68 valence electrons. The predicted octanol–water partition coefficient (Wildman–Crippen LogP) is 3.36. The van der Waals surface area contributed by atoms with Gasteiger partial charge in [0.05, 0.1) is 10.5 Å². The Bertz CT molecular complexity index is 448. The highest BCUT2D eigenvalue weighted by Gasteiger charge is 2.09. The van der Waals surface area contributed by atoms with Gasteiger partial charge >= 0.3 is 0 Å². The highest BCUT2D eigenvalue weighted by Crippen LogP contribution is 2.28. The summed E-state index contributed by atoms with van der Waals surface area (Å²) in [5.74, 6) is 0. The first-order valence-electron chi connectivity index (χ1n) is 4.04. The second kappa shape index (κ2) is 3.20.